The first-order valence-electron chi connectivity index (χ1n) is 7.18. The van der Waals surface area contributed by atoms with Gasteiger partial charge in [-0.15, -0.1) is 0 Å². The number of hydrogen-bond donors (Lipinski definition) is 1. The number of benzene rings is 2. The van der Waals surface area contributed by atoms with E-state index in [-0.39, 0.29) is 11.8 Å². The van der Waals surface area contributed by atoms with Crippen molar-refractivity contribution < 1.29 is 13.2 Å². The molecule has 2 aromatic carbocycles. The second-order valence-corrected chi connectivity index (χ2v) is 7.61. The van der Waals surface area contributed by atoms with Crippen molar-refractivity contribution in [1.82, 2.24) is 5.32 Å². The number of sulfone groups is 1. The first-order valence-corrected chi connectivity index (χ1v) is 9.00. The van der Waals surface area contributed by atoms with Crippen LogP contribution in [0.25, 0.3) is 10.8 Å². The molecule has 4 nitrogen and oxygen atoms in total. The van der Waals surface area contributed by atoms with E-state index < -0.39 is 9.84 Å². The van der Waals surface area contributed by atoms with E-state index in [0.29, 0.717) is 25.3 Å². The van der Waals surface area contributed by atoms with Crippen molar-refractivity contribution in [1.29, 1.82) is 0 Å². The van der Waals surface area contributed by atoms with Gasteiger partial charge in [0.15, 0.2) is 9.84 Å². The average molecular weight is 305 g/mol. The summed E-state index contributed by atoms with van der Waals surface area (Å²) in [4.78, 5) is 0. The predicted octanol–water partition coefficient (Wildman–Crippen LogP) is 2.00. The van der Waals surface area contributed by atoms with Gasteiger partial charge in [-0.2, -0.15) is 0 Å². The Kier molecular flexibility index (Phi) is 4.12. The normalized spacial score (nSPS) is 20.7. The van der Waals surface area contributed by atoms with Crippen molar-refractivity contribution in [2.45, 2.75) is 12.5 Å². The molecule has 21 heavy (non-hydrogen) atoms. The zero-order valence-corrected chi connectivity index (χ0v) is 12.6. The highest BCUT2D eigenvalue weighted by molar-refractivity contribution is 7.91. The number of fused-ring (bicyclic) bond motifs is 1. The maximum Gasteiger partial charge on any atom is 0.151 e. The first kappa shape index (κ1) is 14.4. The van der Waals surface area contributed by atoms with Gasteiger partial charge in [-0.05, 0) is 17.9 Å². The van der Waals surface area contributed by atoms with Gasteiger partial charge >= 0.3 is 0 Å². The van der Waals surface area contributed by atoms with Crippen molar-refractivity contribution in [3.63, 3.8) is 0 Å². The maximum absolute atomic E-state index is 11.4. The van der Waals surface area contributed by atoms with Crippen LogP contribution in [0.5, 0.6) is 5.75 Å². The summed E-state index contributed by atoms with van der Waals surface area (Å²) in [5.41, 5.74) is 0. The molecule has 0 amide bonds. The highest BCUT2D eigenvalue weighted by Crippen LogP contribution is 2.24. The molecular formula is C16H19NO3S. The minimum Gasteiger partial charge on any atom is -0.492 e. The van der Waals surface area contributed by atoms with Gasteiger partial charge in [0.1, 0.15) is 12.4 Å². The van der Waals surface area contributed by atoms with Crippen LogP contribution in [-0.2, 0) is 9.84 Å². The van der Waals surface area contributed by atoms with E-state index in [0.717, 1.165) is 16.5 Å². The molecular weight excluding hydrogens is 286 g/mol. The Bertz CT molecular complexity index is 722. The summed E-state index contributed by atoms with van der Waals surface area (Å²) < 4.78 is 28.6. The van der Waals surface area contributed by atoms with Crippen LogP contribution in [0.15, 0.2) is 42.5 Å². The molecule has 0 aliphatic carbocycles. The molecule has 1 atom stereocenters. The lowest BCUT2D eigenvalue weighted by molar-refractivity contribution is 0.311. The number of hydrogen-bond acceptors (Lipinski definition) is 4. The van der Waals surface area contributed by atoms with E-state index >= 15 is 0 Å². The summed E-state index contributed by atoms with van der Waals surface area (Å²) in [5, 5.41) is 5.51. The summed E-state index contributed by atoms with van der Waals surface area (Å²) in [5.74, 6) is 1.42. The second-order valence-electron chi connectivity index (χ2n) is 5.38. The van der Waals surface area contributed by atoms with E-state index in [1.54, 1.807) is 0 Å². The third kappa shape index (κ3) is 3.54. The van der Waals surface area contributed by atoms with E-state index in [4.69, 9.17) is 4.74 Å². The molecule has 0 radical (unpaired) electrons. The lowest BCUT2D eigenvalue weighted by Gasteiger charge is -2.12. The van der Waals surface area contributed by atoms with Gasteiger partial charge in [-0.25, -0.2) is 8.42 Å². The van der Waals surface area contributed by atoms with Crippen LogP contribution in [-0.4, -0.2) is 39.1 Å². The molecule has 5 heteroatoms. The van der Waals surface area contributed by atoms with Crippen LogP contribution in [0.2, 0.25) is 0 Å². The first-order chi connectivity index (χ1) is 10.1. The van der Waals surface area contributed by atoms with Crippen molar-refractivity contribution in [2.24, 2.45) is 0 Å². The van der Waals surface area contributed by atoms with Crippen molar-refractivity contribution in [2.75, 3.05) is 24.7 Å². The fourth-order valence-corrected chi connectivity index (χ4v) is 4.41. The van der Waals surface area contributed by atoms with Gasteiger partial charge in [0.25, 0.3) is 0 Å². The maximum atomic E-state index is 11.4. The van der Waals surface area contributed by atoms with Gasteiger partial charge in [-0.3, -0.25) is 0 Å². The topological polar surface area (TPSA) is 55.4 Å². The quantitative estimate of drug-likeness (QED) is 0.859. The SMILES string of the molecule is O=S1(=O)CCC(NCCOc2cccc3ccccc23)C1. The lowest BCUT2D eigenvalue weighted by Crippen LogP contribution is -2.33. The summed E-state index contributed by atoms with van der Waals surface area (Å²) in [6.45, 7) is 1.19. The van der Waals surface area contributed by atoms with Crippen LogP contribution < -0.4 is 10.1 Å². The highest BCUT2D eigenvalue weighted by atomic mass is 32.2. The molecule has 1 N–H and O–H groups in total. The molecule has 1 saturated heterocycles. The molecule has 0 bridgehead atoms. The zero-order chi connectivity index (χ0) is 14.7. The number of nitrogens with one attached hydrogen (secondary N) is 1. The Morgan fingerprint density at radius 1 is 1.14 bits per heavy atom. The Morgan fingerprint density at radius 3 is 2.76 bits per heavy atom. The molecule has 0 spiro atoms. The van der Waals surface area contributed by atoms with E-state index in [1.807, 2.05) is 30.3 Å². The van der Waals surface area contributed by atoms with Crippen molar-refractivity contribution in [3.8, 4) is 5.75 Å². The Hall–Kier alpha value is -1.59. The molecule has 112 valence electrons. The summed E-state index contributed by atoms with van der Waals surface area (Å²) >= 11 is 0. The van der Waals surface area contributed by atoms with Gasteiger partial charge in [0, 0.05) is 18.0 Å². The van der Waals surface area contributed by atoms with E-state index in [9.17, 15) is 8.42 Å². The van der Waals surface area contributed by atoms with Crippen LogP contribution in [0.1, 0.15) is 6.42 Å². The number of rotatable bonds is 5. The average Bonchev–Trinajstić information content (AvgIpc) is 2.83. The summed E-state index contributed by atoms with van der Waals surface area (Å²) in [7, 11) is -2.82. The Morgan fingerprint density at radius 2 is 1.95 bits per heavy atom. The summed E-state index contributed by atoms with van der Waals surface area (Å²) in [6, 6.07) is 14.2. The smallest absolute Gasteiger partial charge is 0.151 e. The minimum absolute atomic E-state index is 0.0751. The largest absolute Gasteiger partial charge is 0.492 e. The molecule has 0 aromatic heterocycles. The van der Waals surface area contributed by atoms with Crippen LogP contribution in [0, 0.1) is 0 Å². The highest BCUT2D eigenvalue weighted by Gasteiger charge is 2.27. The molecule has 0 saturated carbocycles. The standard InChI is InChI=1S/C16H19NO3S/c18-21(19)11-8-14(12-21)17-9-10-20-16-7-3-5-13-4-1-2-6-15(13)16/h1-7,14,17H,8-12H2. The van der Waals surface area contributed by atoms with Crippen LogP contribution in [0.3, 0.4) is 0 Å². The van der Waals surface area contributed by atoms with Gasteiger partial charge in [0.2, 0.25) is 0 Å². The predicted molar refractivity (Wildman–Crippen MR) is 84.5 cm³/mol. The van der Waals surface area contributed by atoms with Crippen molar-refractivity contribution >= 4 is 20.6 Å². The molecule has 1 unspecified atom stereocenters. The Labute approximate surface area is 125 Å². The molecule has 3 rings (SSSR count). The third-order valence-electron chi connectivity index (χ3n) is 3.77. The fraction of sp³-hybridized carbons (Fsp3) is 0.375. The summed E-state index contributed by atoms with van der Waals surface area (Å²) in [6.07, 6.45) is 0.705. The lowest BCUT2D eigenvalue weighted by atomic mass is 10.1. The zero-order valence-electron chi connectivity index (χ0n) is 11.8. The Balaban J connectivity index is 1.53. The van der Waals surface area contributed by atoms with E-state index in [1.165, 1.54) is 0 Å². The molecule has 1 fully saturated rings. The van der Waals surface area contributed by atoms with Crippen LogP contribution in [0.4, 0.5) is 0 Å². The van der Waals surface area contributed by atoms with Gasteiger partial charge < -0.3 is 10.1 Å². The molecule has 1 aliphatic rings. The van der Waals surface area contributed by atoms with Gasteiger partial charge in [-0.1, -0.05) is 36.4 Å². The molecule has 2 aromatic rings. The number of ether oxygens (including phenoxy) is 1. The molecule has 1 aliphatic heterocycles. The monoisotopic (exact) mass is 305 g/mol. The second kappa shape index (κ2) is 6.03. The van der Waals surface area contributed by atoms with Crippen molar-refractivity contribution in [3.05, 3.63) is 42.5 Å². The molecule has 1 heterocycles. The van der Waals surface area contributed by atoms with Gasteiger partial charge in [0.05, 0.1) is 11.5 Å². The van der Waals surface area contributed by atoms with E-state index in [2.05, 4.69) is 17.4 Å². The minimum atomic E-state index is -2.82. The fourth-order valence-electron chi connectivity index (χ4n) is 2.70. The van der Waals surface area contributed by atoms with Crippen LogP contribution >= 0.6 is 0 Å². The third-order valence-corrected chi connectivity index (χ3v) is 5.54.